The van der Waals surface area contributed by atoms with E-state index in [0.717, 1.165) is 18.4 Å². The fourth-order valence-electron chi connectivity index (χ4n) is 3.51. The molecule has 0 saturated carbocycles. The fourth-order valence-corrected chi connectivity index (χ4v) is 3.84. The first-order chi connectivity index (χ1) is 12.5. The molecule has 1 amide bonds. The second-order valence-electron chi connectivity index (χ2n) is 6.38. The van der Waals surface area contributed by atoms with Gasteiger partial charge in [0.25, 0.3) is 11.5 Å². The van der Waals surface area contributed by atoms with Gasteiger partial charge in [0.05, 0.1) is 16.9 Å². The number of hydrogen-bond acceptors (Lipinski definition) is 3. The molecular weight excluding hydrogens is 370 g/mol. The van der Waals surface area contributed by atoms with Crippen molar-refractivity contribution in [3.8, 4) is 0 Å². The van der Waals surface area contributed by atoms with Crippen LogP contribution in [0.1, 0.15) is 34.8 Å². The lowest BCUT2D eigenvalue weighted by Gasteiger charge is -2.25. The molecule has 1 aliphatic rings. The summed E-state index contributed by atoms with van der Waals surface area (Å²) in [4.78, 5) is 32.4. The molecule has 2 aromatic carbocycles. The largest absolute Gasteiger partial charge is 0.332 e. The highest BCUT2D eigenvalue weighted by Gasteiger charge is 2.30. The van der Waals surface area contributed by atoms with Crippen molar-refractivity contribution >= 4 is 40.6 Å². The molecule has 1 aliphatic heterocycles. The average Bonchev–Trinajstić information content (AvgIpc) is 3.10. The number of nitrogens with zero attached hydrogens (tertiary/aromatic N) is 1. The van der Waals surface area contributed by atoms with Crippen molar-refractivity contribution in [1.82, 2.24) is 14.9 Å². The number of benzene rings is 2. The Morgan fingerprint density at radius 2 is 1.92 bits per heavy atom. The lowest BCUT2D eigenvalue weighted by Crippen LogP contribution is -2.30. The number of nitrogens with one attached hydrogen (secondary N) is 2. The maximum Gasteiger partial charge on any atom is 0.259 e. The Balaban J connectivity index is 1.70. The van der Waals surface area contributed by atoms with E-state index < -0.39 is 0 Å². The summed E-state index contributed by atoms with van der Waals surface area (Å²) in [5, 5.41) is 1.16. The quantitative estimate of drug-likeness (QED) is 0.649. The third-order valence-corrected chi connectivity index (χ3v) is 5.21. The van der Waals surface area contributed by atoms with Gasteiger partial charge in [0.2, 0.25) is 0 Å². The number of hydrogen-bond donors (Lipinski definition) is 2. The Morgan fingerprint density at radius 3 is 2.69 bits per heavy atom. The average molecular weight is 386 g/mol. The van der Waals surface area contributed by atoms with E-state index in [1.807, 2.05) is 29.2 Å². The summed E-state index contributed by atoms with van der Waals surface area (Å²) in [6, 6.07) is 12.7. The van der Waals surface area contributed by atoms with Crippen molar-refractivity contribution in [1.29, 1.82) is 0 Å². The van der Waals surface area contributed by atoms with Crippen LogP contribution < -0.4 is 5.56 Å². The van der Waals surface area contributed by atoms with Gasteiger partial charge in [0.15, 0.2) is 4.77 Å². The van der Waals surface area contributed by atoms with E-state index in [1.54, 1.807) is 18.2 Å². The van der Waals surface area contributed by atoms with Crippen LogP contribution >= 0.6 is 23.8 Å². The molecule has 1 saturated heterocycles. The molecule has 7 heteroatoms. The number of aromatic amines is 2. The SMILES string of the molecule is O=C(c1ccc2c(=O)[nH]c(=S)[nH]c2c1)N1CCC[C@H]1c1ccc(Cl)cc1. The first-order valence-electron chi connectivity index (χ1n) is 8.36. The number of halogens is 1. The predicted octanol–water partition coefficient (Wildman–Crippen LogP) is 4.22. The van der Waals surface area contributed by atoms with Crippen LogP contribution in [0, 0.1) is 4.77 Å². The molecule has 5 nitrogen and oxygen atoms in total. The first-order valence-corrected chi connectivity index (χ1v) is 9.14. The summed E-state index contributed by atoms with van der Waals surface area (Å²) in [6.07, 6.45) is 1.87. The van der Waals surface area contributed by atoms with Crippen molar-refractivity contribution in [3.63, 3.8) is 0 Å². The van der Waals surface area contributed by atoms with Crippen molar-refractivity contribution in [2.24, 2.45) is 0 Å². The second kappa shape index (κ2) is 6.70. The van der Waals surface area contributed by atoms with Gasteiger partial charge in [-0.1, -0.05) is 23.7 Å². The molecule has 1 aromatic heterocycles. The number of carbonyl (C=O) groups is 1. The first kappa shape index (κ1) is 17.0. The van der Waals surface area contributed by atoms with E-state index in [4.69, 9.17) is 23.8 Å². The molecule has 26 heavy (non-hydrogen) atoms. The summed E-state index contributed by atoms with van der Waals surface area (Å²) < 4.78 is 0.243. The smallest absolute Gasteiger partial charge is 0.259 e. The van der Waals surface area contributed by atoms with Gasteiger partial charge in [-0.05, 0) is 61.0 Å². The third kappa shape index (κ3) is 3.06. The van der Waals surface area contributed by atoms with E-state index in [2.05, 4.69) is 9.97 Å². The van der Waals surface area contributed by atoms with Gasteiger partial charge in [0.1, 0.15) is 0 Å². The Hall–Kier alpha value is -2.44. The zero-order chi connectivity index (χ0) is 18.3. The molecule has 1 fully saturated rings. The number of aromatic nitrogens is 2. The van der Waals surface area contributed by atoms with Crippen molar-refractivity contribution in [2.45, 2.75) is 18.9 Å². The summed E-state index contributed by atoms with van der Waals surface area (Å²) in [7, 11) is 0. The molecular formula is C19H16ClN3O2S. The molecule has 132 valence electrons. The topological polar surface area (TPSA) is 69.0 Å². The van der Waals surface area contributed by atoms with Gasteiger partial charge in [-0.25, -0.2) is 0 Å². The Morgan fingerprint density at radius 1 is 1.15 bits per heavy atom. The summed E-state index contributed by atoms with van der Waals surface area (Å²) in [6.45, 7) is 0.704. The highest BCUT2D eigenvalue weighted by atomic mass is 35.5. The van der Waals surface area contributed by atoms with Crippen LogP contribution in [0.25, 0.3) is 10.9 Å². The van der Waals surface area contributed by atoms with Crippen LogP contribution in [-0.2, 0) is 0 Å². The van der Waals surface area contributed by atoms with Gasteiger partial charge in [0, 0.05) is 17.1 Å². The third-order valence-electron chi connectivity index (χ3n) is 4.75. The van der Waals surface area contributed by atoms with Crippen LogP contribution in [0.5, 0.6) is 0 Å². The van der Waals surface area contributed by atoms with Crippen LogP contribution in [0.4, 0.5) is 0 Å². The minimum absolute atomic E-state index is 0.0353. The molecule has 2 N–H and O–H groups in total. The highest BCUT2D eigenvalue weighted by Crippen LogP contribution is 2.33. The summed E-state index contributed by atoms with van der Waals surface area (Å²) >= 11 is 11.0. The van der Waals surface area contributed by atoms with Gasteiger partial charge < -0.3 is 9.88 Å². The molecule has 4 rings (SSSR count). The minimum Gasteiger partial charge on any atom is -0.332 e. The molecule has 0 aliphatic carbocycles. The van der Waals surface area contributed by atoms with Crippen LogP contribution in [0.2, 0.25) is 5.02 Å². The number of likely N-dealkylation sites (tertiary alicyclic amines) is 1. The van der Waals surface area contributed by atoms with Crippen molar-refractivity contribution < 1.29 is 4.79 Å². The number of carbonyl (C=O) groups excluding carboxylic acids is 1. The zero-order valence-corrected chi connectivity index (χ0v) is 15.4. The molecule has 3 aromatic rings. The molecule has 0 spiro atoms. The van der Waals surface area contributed by atoms with Crippen LogP contribution in [0.3, 0.4) is 0 Å². The fraction of sp³-hybridized carbons (Fsp3) is 0.211. The summed E-state index contributed by atoms with van der Waals surface area (Å²) in [5.74, 6) is -0.0519. The van der Waals surface area contributed by atoms with Gasteiger partial charge >= 0.3 is 0 Å². The molecule has 0 bridgehead atoms. The van der Waals surface area contributed by atoms with Gasteiger partial charge in [-0.2, -0.15) is 0 Å². The van der Waals surface area contributed by atoms with Crippen LogP contribution in [0.15, 0.2) is 47.3 Å². The number of amides is 1. The molecule has 0 radical (unpaired) electrons. The maximum atomic E-state index is 13.1. The van der Waals surface area contributed by atoms with Crippen molar-refractivity contribution in [3.05, 3.63) is 73.7 Å². The lowest BCUT2D eigenvalue weighted by atomic mass is 10.0. The monoisotopic (exact) mass is 385 g/mol. The van der Waals surface area contributed by atoms with Crippen molar-refractivity contribution in [2.75, 3.05) is 6.54 Å². The maximum absolute atomic E-state index is 13.1. The Kier molecular flexibility index (Phi) is 4.38. The Bertz CT molecular complexity index is 1100. The molecule has 0 unspecified atom stereocenters. The summed E-state index contributed by atoms with van der Waals surface area (Å²) in [5.41, 5.74) is 1.92. The van der Waals surface area contributed by atoms with E-state index in [1.165, 1.54) is 0 Å². The second-order valence-corrected chi connectivity index (χ2v) is 7.22. The van der Waals surface area contributed by atoms with Gasteiger partial charge in [-0.3, -0.25) is 14.6 Å². The number of H-pyrrole nitrogens is 2. The Labute approximate surface area is 159 Å². The van der Waals surface area contributed by atoms with Crippen LogP contribution in [-0.4, -0.2) is 27.3 Å². The minimum atomic E-state index is -0.261. The molecule has 1 atom stereocenters. The van der Waals surface area contributed by atoms with E-state index >= 15 is 0 Å². The van der Waals surface area contributed by atoms with Gasteiger partial charge in [-0.15, -0.1) is 0 Å². The highest BCUT2D eigenvalue weighted by molar-refractivity contribution is 7.71. The zero-order valence-electron chi connectivity index (χ0n) is 13.8. The van der Waals surface area contributed by atoms with E-state index in [9.17, 15) is 9.59 Å². The standard InChI is InChI=1S/C19H16ClN3O2S/c20-13-6-3-11(4-7-13)16-2-1-9-23(16)18(25)12-5-8-14-15(10-12)21-19(26)22-17(14)24/h3-8,10,16H,1-2,9H2,(H2,21,22,24,26)/t16-/m0/s1. The van der Waals surface area contributed by atoms with E-state index in [-0.39, 0.29) is 22.3 Å². The normalized spacial score (nSPS) is 17.0. The lowest BCUT2D eigenvalue weighted by molar-refractivity contribution is 0.0736. The number of rotatable bonds is 2. The van der Waals surface area contributed by atoms with E-state index in [0.29, 0.717) is 28.0 Å². The number of fused-ring (bicyclic) bond motifs is 1. The predicted molar refractivity (Wildman–Crippen MR) is 104 cm³/mol. The molecule has 2 heterocycles.